The van der Waals surface area contributed by atoms with Crippen LogP contribution in [-0.4, -0.2) is 35.3 Å². The van der Waals surface area contributed by atoms with E-state index >= 15 is 0 Å². The summed E-state index contributed by atoms with van der Waals surface area (Å²) in [5, 5.41) is 0.363. The Morgan fingerprint density at radius 1 is 1.31 bits per heavy atom. The smallest absolute Gasteiger partial charge is 0.228 e. The first kappa shape index (κ1) is 18.3. The van der Waals surface area contributed by atoms with Crippen molar-refractivity contribution in [3.8, 4) is 0 Å². The number of benzene rings is 1. The van der Waals surface area contributed by atoms with E-state index in [9.17, 15) is 18.4 Å². The van der Waals surface area contributed by atoms with Crippen LogP contribution in [0.15, 0.2) is 36.5 Å². The summed E-state index contributed by atoms with van der Waals surface area (Å²) in [6, 6.07) is 6.30. The molecular weight excluding hydrogens is 364 g/mol. The molecule has 1 unspecified atom stereocenters. The summed E-state index contributed by atoms with van der Waals surface area (Å²) in [5.74, 6) is -2.66. The fourth-order valence-corrected chi connectivity index (χ4v) is 3.09. The lowest BCUT2D eigenvalue weighted by Gasteiger charge is -2.21. The van der Waals surface area contributed by atoms with E-state index < -0.39 is 17.6 Å². The van der Waals surface area contributed by atoms with E-state index in [4.69, 9.17) is 11.6 Å². The maximum atomic E-state index is 13.4. The summed E-state index contributed by atoms with van der Waals surface area (Å²) in [4.78, 5) is 31.5. The molecule has 1 saturated heterocycles. The van der Waals surface area contributed by atoms with Crippen LogP contribution in [0.25, 0.3) is 0 Å². The summed E-state index contributed by atoms with van der Waals surface area (Å²) in [6.07, 6.45) is 1.58. The van der Waals surface area contributed by atoms with Crippen LogP contribution in [-0.2, 0) is 16.1 Å². The van der Waals surface area contributed by atoms with Gasteiger partial charge in [-0.25, -0.2) is 13.8 Å². The van der Waals surface area contributed by atoms with Crippen LogP contribution in [0.5, 0.6) is 0 Å². The molecule has 8 heteroatoms. The van der Waals surface area contributed by atoms with Gasteiger partial charge in [-0.2, -0.15) is 0 Å². The zero-order valence-electron chi connectivity index (χ0n) is 14.0. The Balaban J connectivity index is 1.69. The number of halogens is 3. The van der Waals surface area contributed by atoms with Crippen LogP contribution in [0.1, 0.15) is 12.0 Å². The predicted octanol–water partition coefficient (Wildman–Crippen LogP) is 3.02. The van der Waals surface area contributed by atoms with Crippen LogP contribution in [0.3, 0.4) is 0 Å². The van der Waals surface area contributed by atoms with Crippen LogP contribution in [0.2, 0.25) is 5.15 Å². The van der Waals surface area contributed by atoms with E-state index in [2.05, 4.69) is 4.98 Å². The number of rotatable bonds is 4. The molecule has 0 aliphatic carbocycles. The Morgan fingerprint density at radius 3 is 2.62 bits per heavy atom. The molecule has 2 amide bonds. The number of amides is 2. The minimum Gasteiger partial charge on any atom is -0.341 e. The summed E-state index contributed by atoms with van der Waals surface area (Å²) in [6.45, 7) is 0.409. The summed E-state index contributed by atoms with van der Waals surface area (Å²) >= 11 is 5.74. The van der Waals surface area contributed by atoms with Gasteiger partial charge < -0.3 is 9.80 Å². The molecule has 1 aromatic carbocycles. The van der Waals surface area contributed by atoms with Gasteiger partial charge in [0.05, 0.1) is 5.92 Å². The zero-order chi connectivity index (χ0) is 18.8. The zero-order valence-corrected chi connectivity index (χ0v) is 14.7. The van der Waals surface area contributed by atoms with E-state index in [0.717, 1.165) is 23.8 Å². The van der Waals surface area contributed by atoms with Crippen molar-refractivity contribution in [2.24, 2.45) is 5.92 Å². The summed E-state index contributed by atoms with van der Waals surface area (Å²) in [5.41, 5.74) is 0.922. The average molecular weight is 380 g/mol. The third-order valence-corrected chi connectivity index (χ3v) is 4.44. The maximum absolute atomic E-state index is 13.4. The molecular formula is C18H16ClF2N3O2. The van der Waals surface area contributed by atoms with Gasteiger partial charge in [0.2, 0.25) is 11.8 Å². The van der Waals surface area contributed by atoms with E-state index in [1.165, 1.54) is 9.80 Å². The Hall–Kier alpha value is -2.54. The van der Waals surface area contributed by atoms with Crippen molar-refractivity contribution in [2.45, 2.75) is 13.0 Å². The van der Waals surface area contributed by atoms with Gasteiger partial charge in [0, 0.05) is 44.5 Å². The third kappa shape index (κ3) is 3.99. The molecule has 1 aliphatic heterocycles. The molecule has 0 saturated carbocycles. The number of nitrogens with zero attached hydrogens (tertiary/aromatic N) is 3. The van der Waals surface area contributed by atoms with Gasteiger partial charge in [-0.3, -0.25) is 9.59 Å². The number of carbonyl (C=O) groups is 2. The van der Waals surface area contributed by atoms with Crippen molar-refractivity contribution in [1.29, 1.82) is 0 Å². The molecule has 3 rings (SSSR count). The van der Waals surface area contributed by atoms with Gasteiger partial charge >= 0.3 is 0 Å². The molecule has 0 spiro atoms. The third-order valence-electron chi connectivity index (χ3n) is 4.22. The Labute approximate surface area is 154 Å². The Bertz CT molecular complexity index is 825. The highest BCUT2D eigenvalue weighted by Crippen LogP contribution is 2.27. The summed E-state index contributed by atoms with van der Waals surface area (Å²) < 4.78 is 26.8. The van der Waals surface area contributed by atoms with Crippen LogP contribution in [0, 0.1) is 17.6 Å². The van der Waals surface area contributed by atoms with Crippen molar-refractivity contribution < 1.29 is 18.4 Å². The number of hydrogen-bond donors (Lipinski definition) is 0. The van der Waals surface area contributed by atoms with E-state index in [0.29, 0.717) is 11.7 Å². The van der Waals surface area contributed by atoms with Gasteiger partial charge in [-0.1, -0.05) is 17.7 Å². The van der Waals surface area contributed by atoms with E-state index in [1.54, 1.807) is 25.4 Å². The quantitative estimate of drug-likeness (QED) is 0.767. The highest BCUT2D eigenvalue weighted by Gasteiger charge is 2.36. The molecule has 1 atom stereocenters. The van der Waals surface area contributed by atoms with E-state index in [1.807, 2.05) is 0 Å². The lowest BCUT2D eigenvalue weighted by atomic mass is 10.1. The highest BCUT2D eigenvalue weighted by atomic mass is 35.5. The molecule has 1 aromatic heterocycles. The Morgan fingerprint density at radius 2 is 2.00 bits per heavy atom. The average Bonchev–Trinajstić information content (AvgIpc) is 2.97. The standard InChI is InChI=1S/C18H16ClF2N3O2/c1-23(9-11-2-3-16(19)22-8-11)18(26)12-4-17(25)24(10-12)15-6-13(20)5-14(21)7-15/h2-3,5-8,12H,4,9-10H2,1H3. The maximum Gasteiger partial charge on any atom is 0.228 e. The minimum absolute atomic E-state index is 0.000172. The van der Waals surface area contributed by atoms with Crippen molar-refractivity contribution in [3.63, 3.8) is 0 Å². The molecule has 2 heterocycles. The number of carbonyl (C=O) groups excluding carboxylic acids is 2. The molecule has 5 nitrogen and oxygen atoms in total. The van der Waals surface area contributed by atoms with Gasteiger partial charge in [-0.15, -0.1) is 0 Å². The number of hydrogen-bond acceptors (Lipinski definition) is 3. The molecule has 26 heavy (non-hydrogen) atoms. The topological polar surface area (TPSA) is 53.5 Å². The molecule has 1 aliphatic rings. The van der Waals surface area contributed by atoms with Gasteiger partial charge in [0.25, 0.3) is 0 Å². The van der Waals surface area contributed by atoms with Gasteiger partial charge in [0.1, 0.15) is 16.8 Å². The van der Waals surface area contributed by atoms with Crippen molar-refractivity contribution in [2.75, 3.05) is 18.5 Å². The monoisotopic (exact) mass is 379 g/mol. The Kier molecular flexibility index (Phi) is 5.18. The molecule has 0 radical (unpaired) electrons. The van der Waals surface area contributed by atoms with Gasteiger partial charge in [0.15, 0.2) is 0 Å². The van der Waals surface area contributed by atoms with Crippen molar-refractivity contribution >= 4 is 29.1 Å². The second-order valence-corrected chi connectivity index (χ2v) is 6.60. The molecule has 0 N–H and O–H groups in total. The molecule has 1 fully saturated rings. The normalized spacial score (nSPS) is 16.8. The highest BCUT2D eigenvalue weighted by molar-refractivity contribution is 6.29. The first-order chi connectivity index (χ1) is 12.3. The largest absolute Gasteiger partial charge is 0.341 e. The fraction of sp³-hybridized carbons (Fsp3) is 0.278. The van der Waals surface area contributed by atoms with E-state index in [-0.39, 0.29) is 30.5 Å². The summed E-state index contributed by atoms with van der Waals surface area (Å²) in [7, 11) is 1.63. The lowest BCUT2D eigenvalue weighted by molar-refractivity contribution is -0.135. The first-order valence-electron chi connectivity index (χ1n) is 7.95. The molecule has 0 bridgehead atoms. The van der Waals surface area contributed by atoms with Crippen LogP contribution >= 0.6 is 11.6 Å². The van der Waals surface area contributed by atoms with Crippen molar-refractivity contribution in [1.82, 2.24) is 9.88 Å². The second kappa shape index (κ2) is 7.37. The minimum atomic E-state index is -0.769. The van der Waals surface area contributed by atoms with Gasteiger partial charge in [-0.05, 0) is 23.8 Å². The van der Waals surface area contributed by atoms with Crippen molar-refractivity contribution in [3.05, 3.63) is 58.9 Å². The SMILES string of the molecule is CN(Cc1ccc(Cl)nc1)C(=O)C1CC(=O)N(c2cc(F)cc(F)c2)C1. The second-order valence-electron chi connectivity index (χ2n) is 6.22. The first-order valence-corrected chi connectivity index (χ1v) is 8.33. The number of anilines is 1. The predicted molar refractivity (Wildman–Crippen MR) is 92.5 cm³/mol. The number of aromatic nitrogens is 1. The molecule has 136 valence electrons. The number of pyridine rings is 1. The van der Waals surface area contributed by atoms with Crippen LogP contribution < -0.4 is 4.90 Å². The van der Waals surface area contributed by atoms with Crippen LogP contribution in [0.4, 0.5) is 14.5 Å². The fourth-order valence-electron chi connectivity index (χ4n) is 2.98. The molecule has 2 aromatic rings. The lowest BCUT2D eigenvalue weighted by Crippen LogP contribution is -2.34.